The number of alkyl carbamates (subject to hydrolysis) is 1. The number of hydrogen-bond acceptors (Lipinski definition) is 7. The number of hydrogen-bond donors (Lipinski definition) is 3. The SMILES string of the molecule is CCOC(=O)CCNC(=O)C(c1cccc(C)c1O)N(C(=O)C(Cc1ccccc1)NC(=O)OC(C)(C)C)C1CCC1. The van der Waals surface area contributed by atoms with Gasteiger partial charge in [-0.15, -0.1) is 0 Å². The fourth-order valence-corrected chi connectivity index (χ4v) is 4.80. The number of carbonyl (C=O) groups excluding carboxylic acids is 4. The van der Waals surface area contributed by atoms with Crippen molar-refractivity contribution in [2.45, 2.75) is 90.4 Å². The summed E-state index contributed by atoms with van der Waals surface area (Å²) in [5.74, 6) is -1.57. The molecule has 0 aliphatic heterocycles. The van der Waals surface area contributed by atoms with Crippen LogP contribution in [0.15, 0.2) is 48.5 Å². The summed E-state index contributed by atoms with van der Waals surface area (Å²) in [4.78, 5) is 54.6. The van der Waals surface area contributed by atoms with E-state index < -0.39 is 41.6 Å². The summed E-state index contributed by atoms with van der Waals surface area (Å²) >= 11 is 0. The number of phenols is 1. The quantitative estimate of drug-likeness (QED) is 0.318. The predicted octanol–water partition coefficient (Wildman–Crippen LogP) is 4.33. The Morgan fingerprint density at radius 1 is 1.05 bits per heavy atom. The van der Waals surface area contributed by atoms with Crippen molar-refractivity contribution in [3.05, 3.63) is 65.2 Å². The Balaban J connectivity index is 2.02. The molecule has 2 aromatic carbocycles. The molecule has 3 amide bonds. The van der Waals surface area contributed by atoms with E-state index in [-0.39, 0.29) is 43.3 Å². The molecule has 0 heterocycles. The van der Waals surface area contributed by atoms with Gasteiger partial charge in [0.25, 0.3) is 0 Å². The fourth-order valence-electron chi connectivity index (χ4n) is 4.80. The lowest BCUT2D eigenvalue weighted by molar-refractivity contribution is -0.148. The second-order valence-electron chi connectivity index (χ2n) is 11.5. The number of esters is 1. The second-order valence-corrected chi connectivity index (χ2v) is 11.5. The summed E-state index contributed by atoms with van der Waals surface area (Å²) < 4.78 is 10.4. The van der Waals surface area contributed by atoms with Crippen LogP contribution in [0.25, 0.3) is 0 Å². The van der Waals surface area contributed by atoms with Crippen LogP contribution in [0.2, 0.25) is 0 Å². The van der Waals surface area contributed by atoms with Crippen LogP contribution in [-0.2, 0) is 30.3 Å². The van der Waals surface area contributed by atoms with Crippen molar-refractivity contribution < 1.29 is 33.8 Å². The first-order chi connectivity index (χ1) is 19.9. The third kappa shape index (κ3) is 8.96. The minimum Gasteiger partial charge on any atom is -0.507 e. The first-order valence-electron chi connectivity index (χ1n) is 14.5. The molecule has 1 aliphatic carbocycles. The standard InChI is InChI=1S/C32H43N3O7/c1-6-41-26(36)18-19-33-29(38)27(24-17-10-12-21(2)28(24)37)35(23-15-11-16-23)30(39)25(20-22-13-8-7-9-14-22)34-31(40)42-32(3,4)5/h7-10,12-14,17,23,25,27,37H,6,11,15-16,18-20H2,1-5H3,(H,33,38)(H,34,40). The highest BCUT2D eigenvalue weighted by atomic mass is 16.6. The Kier molecular flexibility index (Phi) is 11.4. The molecule has 10 nitrogen and oxygen atoms in total. The van der Waals surface area contributed by atoms with Crippen molar-refractivity contribution in [3.8, 4) is 5.75 Å². The number of aromatic hydroxyl groups is 1. The van der Waals surface area contributed by atoms with E-state index in [4.69, 9.17) is 9.47 Å². The van der Waals surface area contributed by atoms with E-state index in [1.165, 1.54) is 4.90 Å². The van der Waals surface area contributed by atoms with Crippen LogP contribution in [0.4, 0.5) is 4.79 Å². The Hall–Kier alpha value is -4.08. The number of rotatable bonds is 12. The lowest BCUT2D eigenvalue weighted by atomic mass is 9.87. The molecule has 10 heteroatoms. The van der Waals surface area contributed by atoms with Crippen LogP contribution < -0.4 is 10.6 Å². The van der Waals surface area contributed by atoms with Crippen LogP contribution in [-0.4, -0.2) is 64.7 Å². The molecule has 2 unspecified atom stereocenters. The van der Waals surface area contributed by atoms with Crippen molar-refractivity contribution in [2.75, 3.05) is 13.2 Å². The van der Waals surface area contributed by atoms with Crippen molar-refractivity contribution in [2.24, 2.45) is 0 Å². The zero-order chi connectivity index (χ0) is 30.9. The molecule has 1 saturated carbocycles. The molecule has 0 bridgehead atoms. The van der Waals surface area contributed by atoms with Crippen LogP contribution in [0.5, 0.6) is 5.75 Å². The van der Waals surface area contributed by atoms with Gasteiger partial charge in [-0.25, -0.2) is 4.79 Å². The second kappa shape index (κ2) is 14.7. The first kappa shape index (κ1) is 32.4. The molecule has 2 aromatic rings. The summed E-state index contributed by atoms with van der Waals surface area (Å²) in [6.45, 7) is 8.84. The third-order valence-corrected chi connectivity index (χ3v) is 7.02. The number of para-hydroxylation sites is 1. The lowest BCUT2D eigenvalue weighted by Gasteiger charge is -2.43. The Morgan fingerprint density at radius 3 is 2.33 bits per heavy atom. The van der Waals surface area contributed by atoms with E-state index in [1.54, 1.807) is 52.8 Å². The fraction of sp³-hybridized carbons (Fsp3) is 0.500. The third-order valence-electron chi connectivity index (χ3n) is 7.02. The van der Waals surface area contributed by atoms with E-state index in [0.29, 0.717) is 18.4 Å². The number of amides is 3. The van der Waals surface area contributed by atoms with Gasteiger partial charge in [0.05, 0.1) is 13.0 Å². The number of nitrogens with zero attached hydrogens (tertiary/aromatic N) is 1. The largest absolute Gasteiger partial charge is 0.507 e. The van der Waals surface area contributed by atoms with Crippen LogP contribution in [0.3, 0.4) is 0 Å². The average Bonchev–Trinajstić information content (AvgIpc) is 2.88. The number of nitrogens with one attached hydrogen (secondary N) is 2. The van der Waals surface area contributed by atoms with Crippen molar-refractivity contribution in [1.29, 1.82) is 0 Å². The molecule has 228 valence electrons. The summed E-state index contributed by atoms with van der Waals surface area (Å²) in [6, 6.07) is 11.8. The van der Waals surface area contributed by atoms with Crippen LogP contribution >= 0.6 is 0 Å². The van der Waals surface area contributed by atoms with Crippen molar-refractivity contribution in [3.63, 3.8) is 0 Å². The lowest BCUT2D eigenvalue weighted by Crippen LogP contribution is -2.58. The highest BCUT2D eigenvalue weighted by molar-refractivity contribution is 5.93. The molecule has 0 saturated heterocycles. The molecule has 0 spiro atoms. The zero-order valence-electron chi connectivity index (χ0n) is 25.1. The maximum Gasteiger partial charge on any atom is 0.408 e. The van der Waals surface area contributed by atoms with E-state index in [0.717, 1.165) is 12.0 Å². The Bertz CT molecular complexity index is 1240. The summed E-state index contributed by atoms with van der Waals surface area (Å²) in [5.41, 5.74) is 0.840. The monoisotopic (exact) mass is 581 g/mol. The molecule has 0 radical (unpaired) electrons. The highest BCUT2D eigenvalue weighted by Gasteiger charge is 2.43. The maximum atomic E-state index is 14.5. The molecular weight excluding hydrogens is 538 g/mol. The number of aryl methyl sites for hydroxylation is 1. The molecule has 3 N–H and O–H groups in total. The highest BCUT2D eigenvalue weighted by Crippen LogP contribution is 2.38. The van der Waals surface area contributed by atoms with Gasteiger partial charge in [-0.3, -0.25) is 14.4 Å². The van der Waals surface area contributed by atoms with Gasteiger partial charge in [0.1, 0.15) is 23.4 Å². The molecular formula is C32H43N3O7. The van der Waals surface area contributed by atoms with Crippen LogP contribution in [0, 0.1) is 6.92 Å². The van der Waals surface area contributed by atoms with E-state index >= 15 is 0 Å². The number of ether oxygens (including phenoxy) is 2. The molecule has 3 rings (SSSR count). The zero-order valence-corrected chi connectivity index (χ0v) is 25.1. The Morgan fingerprint density at radius 2 is 1.74 bits per heavy atom. The van der Waals surface area contributed by atoms with Gasteiger partial charge in [-0.2, -0.15) is 0 Å². The maximum absolute atomic E-state index is 14.5. The summed E-state index contributed by atoms with van der Waals surface area (Å²) in [5, 5.41) is 16.6. The Labute approximate surface area is 247 Å². The van der Waals surface area contributed by atoms with Gasteiger partial charge in [0.15, 0.2) is 0 Å². The van der Waals surface area contributed by atoms with Gasteiger partial charge in [-0.1, -0.05) is 48.5 Å². The first-order valence-corrected chi connectivity index (χ1v) is 14.5. The van der Waals surface area contributed by atoms with Gasteiger partial charge < -0.3 is 30.1 Å². The smallest absolute Gasteiger partial charge is 0.408 e. The molecule has 1 aliphatic rings. The average molecular weight is 582 g/mol. The van der Waals surface area contributed by atoms with Crippen LogP contribution in [0.1, 0.15) is 76.1 Å². The molecule has 0 aromatic heterocycles. The minimum absolute atomic E-state index is 0.00293. The number of phenolic OH excluding ortho intramolecular Hbond substituents is 1. The van der Waals surface area contributed by atoms with E-state index in [1.807, 2.05) is 30.3 Å². The normalized spacial score (nSPS) is 14.6. The van der Waals surface area contributed by atoms with Gasteiger partial charge in [0, 0.05) is 24.6 Å². The summed E-state index contributed by atoms with van der Waals surface area (Å²) in [7, 11) is 0. The van der Waals surface area contributed by atoms with Crippen molar-refractivity contribution in [1.82, 2.24) is 15.5 Å². The number of carbonyl (C=O) groups is 4. The predicted molar refractivity (Wildman–Crippen MR) is 158 cm³/mol. The molecule has 1 fully saturated rings. The van der Waals surface area contributed by atoms with Gasteiger partial charge in [0.2, 0.25) is 11.8 Å². The molecule has 2 atom stereocenters. The molecule has 42 heavy (non-hydrogen) atoms. The van der Waals surface area contributed by atoms with E-state index in [9.17, 15) is 24.3 Å². The summed E-state index contributed by atoms with van der Waals surface area (Å²) in [6.07, 6.45) is 1.57. The van der Waals surface area contributed by atoms with Gasteiger partial charge in [-0.05, 0) is 65.0 Å². The number of benzene rings is 2. The minimum atomic E-state index is -1.20. The van der Waals surface area contributed by atoms with Gasteiger partial charge >= 0.3 is 12.1 Å². The van der Waals surface area contributed by atoms with Crippen molar-refractivity contribution >= 4 is 23.9 Å². The topological polar surface area (TPSA) is 134 Å². The van der Waals surface area contributed by atoms with E-state index in [2.05, 4.69) is 10.6 Å².